The number of hydrogen-bond donors (Lipinski definition) is 0. The lowest BCUT2D eigenvalue weighted by Crippen LogP contribution is -2.49. The van der Waals surface area contributed by atoms with Gasteiger partial charge in [-0.3, -0.25) is 4.79 Å². The van der Waals surface area contributed by atoms with Gasteiger partial charge in [0.25, 0.3) is 0 Å². The van der Waals surface area contributed by atoms with Gasteiger partial charge in [-0.05, 0) is 97.2 Å². The molecule has 3 fully saturated rings. The lowest BCUT2D eigenvalue weighted by molar-refractivity contribution is -0.127. The third-order valence-corrected chi connectivity index (χ3v) is 10.6. The SMILES string of the molecule is CC[C@H](/C=C/[C@H](C)[C@H]1CC[C@H]2C3=CC[C@H]4CC(=O)CC[C@]4(C)[C@H]3CC[C@]12C)C(C)C. The molecule has 30 heavy (non-hydrogen) atoms. The lowest BCUT2D eigenvalue weighted by Gasteiger charge is -2.57. The van der Waals surface area contributed by atoms with E-state index in [9.17, 15) is 4.79 Å². The molecule has 0 unspecified atom stereocenters. The van der Waals surface area contributed by atoms with Crippen molar-refractivity contribution >= 4 is 5.78 Å². The summed E-state index contributed by atoms with van der Waals surface area (Å²) in [5.74, 6) is 5.63. The first-order chi connectivity index (χ1) is 14.2. The second kappa shape index (κ2) is 8.25. The second-order valence-electron chi connectivity index (χ2n) is 12.3. The van der Waals surface area contributed by atoms with Gasteiger partial charge < -0.3 is 0 Å². The molecule has 0 aliphatic heterocycles. The third kappa shape index (κ3) is 3.57. The molecule has 1 heteroatoms. The summed E-state index contributed by atoms with van der Waals surface area (Å²) in [6.45, 7) is 14.7. The van der Waals surface area contributed by atoms with Gasteiger partial charge in [0.2, 0.25) is 0 Å². The highest BCUT2D eigenvalue weighted by atomic mass is 16.1. The van der Waals surface area contributed by atoms with Crippen LogP contribution >= 0.6 is 0 Å². The van der Waals surface area contributed by atoms with E-state index in [2.05, 4.69) is 59.8 Å². The van der Waals surface area contributed by atoms with Crippen molar-refractivity contribution in [2.45, 2.75) is 99.3 Å². The van der Waals surface area contributed by atoms with E-state index in [4.69, 9.17) is 0 Å². The molecule has 0 radical (unpaired) electrons. The maximum atomic E-state index is 12.1. The Bertz CT molecular complexity index is 714. The average Bonchev–Trinajstić information content (AvgIpc) is 3.06. The summed E-state index contributed by atoms with van der Waals surface area (Å²) in [5.41, 5.74) is 2.68. The molecule has 0 bridgehead atoms. The van der Waals surface area contributed by atoms with Crippen LogP contribution in [0.5, 0.6) is 0 Å². The lowest BCUT2D eigenvalue weighted by atomic mass is 9.48. The first kappa shape index (κ1) is 22.3. The van der Waals surface area contributed by atoms with Crippen molar-refractivity contribution in [1.82, 2.24) is 0 Å². The number of rotatable bonds is 5. The summed E-state index contributed by atoms with van der Waals surface area (Å²) in [6, 6.07) is 0. The van der Waals surface area contributed by atoms with E-state index in [1.807, 2.05) is 5.57 Å². The molecular formula is C29H46O. The molecule has 4 rings (SSSR count). The molecule has 3 saturated carbocycles. The van der Waals surface area contributed by atoms with Gasteiger partial charge in [0.05, 0.1) is 0 Å². The van der Waals surface area contributed by atoms with Crippen molar-refractivity contribution in [2.75, 3.05) is 0 Å². The number of carbonyl (C=O) groups excluding carboxylic acids is 1. The number of hydrogen-bond acceptors (Lipinski definition) is 1. The molecule has 0 saturated heterocycles. The third-order valence-electron chi connectivity index (χ3n) is 10.6. The van der Waals surface area contributed by atoms with Gasteiger partial charge in [-0.1, -0.05) is 65.3 Å². The van der Waals surface area contributed by atoms with E-state index in [1.165, 1.54) is 32.1 Å². The largest absolute Gasteiger partial charge is 0.300 e. The van der Waals surface area contributed by atoms with Crippen molar-refractivity contribution in [1.29, 1.82) is 0 Å². The Hall–Kier alpha value is -0.850. The fraction of sp³-hybridized carbons (Fsp3) is 0.828. The zero-order valence-electron chi connectivity index (χ0n) is 20.5. The number of ketones is 1. The molecule has 8 atom stereocenters. The standard InChI is InChI=1S/C29H46O/c1-7-21(19(2)3)9-8-20(4)25-12-13-26-24-11-10-22-18-23(30)14-16-28(22,5)27(24)15-17-29(25,26)6/h8-9,11,19-22,25-27H,7,10,12-18H2,1-6H3/b9-8+/t20-,21+,22-,25+,26-,27-,28-,29+/m0/s1. The minimum absolute atomic E-state index is 0.383. The molecule has 0 amide bonds. The summed E-state index contributed by atoms with van der Waals surface area (Å²) in [6.07, 6.45) is 18.5. The maximum absolute atomic E-state index is 12.1. The van der Waals surface area contributed by atoms with E-state index >= 15 is 0 Å². The van der Waals surface area contributed by atoms with Crippen LogP contribution in [0.25, 0.3) is 0 Å². The van der Waals surface area contributed by atoms with E-state index in [-0.39, 0.29) is 0 Å². The highest BCUT2D eigenvalue weighted by molar-refractivity contribution is 5.79. The van der Waals surface area contributed by atoms with Crippen LogP contribution in [0, 0.1) is 52.3 Å². The topological polar surface area (TPSA) is 17.1 Å². The van der Waals surface area contributed by atoms with Gasteiger partial charge >= 0.3 is 0 Å². The molecule has 0 heterocycles. The van der Waals surface area contributed by atoms with Crippen LogP contribution in [0.15, 0.2) is 23.8 Å². The molecule has 0 aromatic carbocycles. The van der Waals surface area contributed by atoms with Crippen molar-refractivity contribution in [3.63, 3.8) is 0 Å². The molecule has 0 aromatic rings. The molecule has 0 aromatic heterocycles. The Kier molecular flexibility index (Phi) is 6.15. The molecule has 0 N–H and O–H groups in total. The van der Waals surface area contributed by atoms with Crippen molar-refractivity contribution in [3.8, 4) is 0 Å². The van der Waals surface area contributed by atoms with Crippen LogP contribution < -0.4 is 0 Å². The highest BCUT2D eigenvalue weighted by Gasteiger charge is 2.58. The zero-order chi connectivity index (χ0) is 21.7. The van der Waals surface area contributed by atoms with Crippen LogP contribution in [0.3, 0.4) is 0 Å². The summed E-state index contributed by atoms with van der Waals surface area (Å²) in [5, 5.41) is 0. The van der Waals surface area contributed by atoms with Gasteiger partial charge in [0.15, 0.2) is 0 Å². The predicted octanol–water partition coefficient (Wildman–Crippen LogP) is 8.01. The van der Waals surface area contributed by atoms with Crippen LogP contribution in [-0.4, -0.2) is 5.78 Å². The maximum Gasteiger partial charge on any atom is 0.133 e. The van der Waals surface area contributed by atoms with E-state index < -0.39 is 0 Å². The van der Waals surface area contributed by atoms with Crippen molar-refractivity contribution < 1.29 is 4.79 Å². The summed E-state index contributed by atoms with van der Waals surface area (Å²) in [7, 11) is 0. The zero-order valence-corrected chi connectivity index (χ0v) is 20.5. The minimum atomic E-state index is 0.383. The first-order valence-corrected chi connectivity index (χ1v) is 13.1. The first-order valence-electron chi connectivity index (χ1n) is 13.1. The Labute approximate surface area is 186 Å². The summed E-state index contributed by atoms with van der Waals surface area (Å²) < 4.78 is 0. The summed E-state index contributed by atoms with van der Waals surface area (Å²) >= 11 is 0. The number of allylic oxidation sites excluding steroid dienone is 4. The monoisotopic (exact) mass is 410 g/mol. The van der Waals surface area contributed by atoms with Crippen LogP contribution in [0.1, 0.15) is 99.3 Å². The molecule has 0 spiro atoms. The van der Waals surface area contributed by atoms with Crippen molar-refractivity contribution in [3.05, 3.63) is 23.8 Å². The Morgan fingerprint density at radius 3 is 2.47 bits per heavy atom. The normalized spacial score (nSPS) is 43.2. The van der Waals surface area contributed by atoms with Gasteiger partial charge in [-0.15, -0.1) is 0 Å². The average molecular weight is 411 g/mol. The van der Waals surface area contributed by atoms with Gasteiger partial charge in [0, 0.05) is 12.8 Å². The van der Waals surface area contributed by atoms with Crippen LogP contribution in [0.2, 0.25) is 0 Å². The van der Waals surface area contributed by atoms with E-state index in [1.54, 1.807) is 0 Å². The smallest absolute Gasteiger partial charge is 0.133 e. The van der Waals surface area contributed by atoms with E-state index in [0.717, 1.165) is 55.3 Å². The number of Topliss-reactive ketones (excluding diaryl/α,β-unsaturated/α-hetero) is 1. The Morgan fingerprint density at radius 2 is 1.77 bits per heavy atom. The van der Waals surface area contributed by atoms with Gasteiger partial charge in [-0.2, -0.15) is 0 Å². The molecule has 1 nitrogen and oxygen atoms in total. The predicted molar refractivity (Wildman–Crippen MR) is 127 cm³/mol. The molecular weight excluding hydrogens is 364 g/mol. The molecule has 168 valence electrons. The van der Waals surface area contributed by atoms with Crippen molar-refractivity contribution in [2.24, 2.45) is 52.3 Å². The highest BCUT2D eigenvalue weighted by Crippen LogP contribution is 2.66. The van der Waals surface area contributed by atoms with Gasteiger partial charge in [0.1, 0.15) is 5.78 Å². The fourth-order valence-electron chi connectivity index (χ4n) is 8.49. The van der Waals surface area contributed by atoms with E-state index in [0.29, 0.717) is 28.4 Å². The van der Waals surface area contributed by atoms with Crippen LogP contribution in [-0.2, 0) is 4.79 Å². The van der Waals surface area contributed by atoms with Crippen LogP contribution in [0.4, 0.5) is 0 Å². The fourth-order valence-corrected chi connectivity index (χ4v) is 8.49. The summed E-state index contributed by atoms with van der Waals surface area (Å²) in [4.78, 5) is 12.1. The molecule has 4 aliphatic carbocycles. The van der Waals surface area contributed by atoms with Gasteiger partial charge in [-0.25, -0.2) is 0 Å². The second-order valence-corrected chi connectivity index (χ2v) is 12.3. The molecule has 4 aliphatic rings. The minimum Gasteiger partial charge on any atom is -0.300 e. The number of fused-ring (bicyclic) bond motifs is 5. The quantitative estimate of drug-likeness (QED) is 0.419. The number of carbonyl (C=O) groups is 1. The Morgan fingerprint density at radius 1 is 1.03 bits per heavy atom. The Balaban J connectivity index is 1.54.